The van der Waals surface area contributed by atoms with Gasteiger partial charge in [0.25, 0.3) is 5.91 Å². The number of likely N-dealkylation sites (N-methyl/N-ethyl adjacent to an activating group) is 1. The topological polar surface area (TPSA) is 117 Å². The number of rotatable bonds is 10. The van der Waals surface area contributed by atoms with Crippen LogP contribution in [0, 0.1) is 0 Å². The zero-order valence-electron chi connectivity index (χ0n) is 21.1. The summed E-state index contributed by atoms with van der Waals surface area (Å²) in [6, 6.07) is 5.14. The van der Waals surface area contributed by atoms with Crippen molar-refractivity contribution in [3.63, 3.8) is 0 Å². The number of anilines is 4. The number of methoxy groups -OCH3 is 1. The van der Waals surface area contributed by atoms with E-state index in [2.05, 4.69) is 20.5 Å². The van der Waals surface area contributed by atoms with Crippen LogP contribution in [0.4, 0.5) is 23.1 Å². The summed E-state index contributed by atoms with van der Waals surface area (Å²) in [7, 11) is 3.31. The molecule has 2 N–H and O–H groups in total. The third kappa shape index (κ3) is 5.12. The largest absolute Gasteiger partial charge is 0.495 e. The maximum Gasteiger partial charge on any atom is 0.251 e. The second kappa shape index (κ2) is 11.4. The molecule has 2 aliphatic rings. The summed E-state index contributed by atoms with van der Waals surface area (Å²) in [6.45, 7) is 2.46. The fraction of sp³-hybridized carbons (Fsp3) is 0.500. The monoisotopic (exact) mass is 494 g/mol. The summed E-state index contributed by atoms with van der Waals surface area (Å²) in [4.78, 5) is 49.2. The highest BCUT2D eigenvalue weighted by atomic mass is 16.5. The van der Waals surface area contributed by atoms with Crippen molar-refractivity contribution in [3.8, 4) is 5.75 Å². The van der Waals surface area contributed by atoms with Gasteiger partial charge < -0.3 is 30.0 Å². The first-order valence-corrected chi connectivity index (χ1v) is 12.6. The molecule has 2 heterocycles. The van der Waals surface area contributed by atoms with Crippen molar-refractivity contribution in [2.75, 3.05) is 35.8 Å². The van der Waals surface area contributed by atoms with Crippen LogP contribution in [0.15, 0.2) is 24.4 Å². The van der Waals surface area contributed by atoms with Gasteiger partial charge in [-0.2, -0.15) is 4.98 Å². The lowest BCUT2D eigenvalue weighted by Gasteiger charge is -2.43. The van der Waals surface area contributed by atoms with Crippen LogP contribution < -0.4 is 25.2 Å². The van der Waals surface area contributed by atoms with E-state index in [-0.39, 0.29) is 23.9 Å². The smallest absolute Gasteiger partial charge is 0.251 e. The lowest BCUT2D eigenvalue weighted by molar-refractivity contribution is -0.120. The van der Waals surface area contributed by atoms with E-state index in [9.17, 15) is 14.4 Å². The predicted molar refractivity (Wildman–Crippen MR) is 138 cm³/mol. The Hall–Kier alpha value is -3.69. The molecular weight excluding hydrogens is 460 g/mol. The lowest BCUT2D eigenvalue weighted by Crippen LogP contribution is -2.55. The van der Waals surface area contributed by atoms with Crippen molar-refractivity contribution in [1.82, 2.24) is 15.3 Å². The van der Waals surface area contributed by atoms with Crippen molar-refractivity contribution >= 4 is 41.2 Å². The highest BCUT2D eigenvalue weighted by Gasteiger charge is 2.41. The van der Waals surface area contributed by atoms with E-state index in [1.54, 1.807) is 36.3 Å². The van der Waals surface area contributed by atoms with E-state index in [4.69, 9.17) is 9.72 Å². The van der Waals surface area contributed by atoms with Gasteiger partial charge in [0, 0.05) is 31.6 Å². The van der Waals surface area contributed by atoms with E-state index in [0.717, 1.165) is 37.8 Å². The maximum atomic E-state index is 13.1. The molecule has 1 aromatic heterocycles. The Bertz CT molecular complexity index is 1120. The number of hydrogen-bond donors (Lipinski definition) is 2. The standard InChI is InChI=1S/C26H34N6O4/c1-4-20-25(35)31(2)21-16-28-26(30-23(21)32(20)18-9-5-6-10-18)29-19-12-11-17(15-22(19)36-3)24(34)27-13-7-8-14-33/h11-12,14-16,18,20H,4-10,13H2,1-3H3,(H,27,34)(H,28,29,30)/t20-/m1/s1. The number of amides is 2. The van der Waals surface area contributed by atoms with Gasteiger partial charge in [0.1, 0.15) is 23.8 Å². The van der Waals surface area contributed by atoms with Crippen molar-refractivity contribution in [2.24, 2.45) is 0 Å². The first kappa shape index (κ1) is 25.4. The summed E-state index contributed by atoms with van der Waals surface area (Å²) >= 11 is 0. The molecule has 1 aliphatic heterocycles. The molecule has 10 heteroatoms. The molecule has 0 spiro atoms. The molecule has 2 aromatic rings. The molecule has 10 nitrogen and oxygen atoms in total. The number of aldehydes is 1. The van der Waals surface area contributed by atoms with Gasteiger partial charge in [0.2, 0.25) is 11.9 Å². The summed E-state index contributed by atoms with van der Waals surface area (Å²) < 4.78 is 5.52. The van der Waals surface area contributed by atoms with Crippen LogP contribution in [0.2, 0.25) is 0 Å². The molecule has 0 saturated heterocycles. The summed E-state index contributed by atoms with van der Waals surface area (Å²) in [6.07, 6.45) is 8.64. The minimum Gasteiger partial charge on any atom is -0.495 e. The fourth-order valence-electron chi connectivity index (χ4n) is 4.99. The van der Waals surface area contributed by atoms with Crippen molar-refractivity contribution in [3.05, 3.63) is 30.0 Å². The Kier molecular flexibility index (Phi) is 8.02. The Labute approximate surface area is 211 Å². The van der Waals surface area contributed by atoms with Gasteiger partial charge in [-0.05, 0) is 43.9 Å². The molecule has 1 aliphatic carbocycles. The average Bonchev–Trinajstić information content (AvgIpc) is 3.43. The minimum absolute atomic E-state index is 0.0721. The number of nitrogens with zero attached hydrogens (tertiary/aromatic N) is 4. The van der Waals surface area contributed by atoms with Crippen molar-refractivity contribution in [2.45, 2.75) is 64.0 Å². The van der Waals surface area contributed by atoms with Crippen molar-refractivity contribution < 1.29 is 19.1 Å². The van der Waals surface area contributed by atoms with E-state index in [1.165, 1.54) is 7.11 Å². The summed E-state index contributed by atoms with van der Waals surface area (Å²) in [5, 5.41) is 6.02. The van der Waals surface area contributed by atoms with E-state index >= 15 is 0 Å². The Balaban J connectivity index is 1.59. The van der Waals surface area contributed by atoms with E-state index in [1.807, 2.05) is 6.92 Å². The Morgan fingerprint density at radius 1 is 1.28 bits per heavy atom. The maximum absolute atomic E-state index is 13.1. The van der Waals surface area contributed by atoms with E-state index in [0.29, 0.717) is 54.4 Å². The number of nitrogens with one attached hydrogen (secondary N) is 2. The van der Waals surface area contributed by atoms with Crippen LogP contribution >= 0.6 is 0 Å². The van der Waals surface area contributed by atoms with Gasteiger partial charge in [-0.25, -0.2) is 4.98 Å². The van der Waals surface area contributed by atoms with Crippen LogP contribution in [-0.2, 0) is 9.59 Å². The number of hydrogen-bond acceptors (Lipinski definition) is 8. The van der Waals surface area contributed by atoms with Crippen LogP contribution in [0.5, 0.6) is 5.75 Å². The van der Waals surface area contributed by atoms with Crippen molar-refractivity contribution in [1.29, 1.82) is 0 Å². The third-order valence-corrected chi connectivity index (χ3v) is 6.91. The molecule has 2 amide bonds. The molecule has 36 heavy (non-hydrogen) atoms. The third-order valence-electron chi connectivity index (χ3n) is 6.91. The summed E-state index contributed by atoms with van der Waals surface area (Å²) in [5.41, 5.74) is 1.78. The fourth-order valence-corrected chi connectivity index (χ4v) is 4.99. The lowest BCUT2D eigenvalue weighted by atomic mass is 10.0. The van der Waals surface area contributed by atoms with Gasteiger partial charge in [0.15, 0.2) is 5.82 Å². The number of ether oxygens (including phenoxy) is 1. The number of benzene rings is 1. The average molecular weight is 495 g/mol. The molecule has 192 valence electrons. The van der Waals surface area contributed by atoms with Crippen LogP contribution in [-0.4, -0.2) is 60.9 Å². The molecule has 1 saturated carbocycles. The van der Waals surface area contributed by atoms with Gasteiger partial charge in [-0.3, -0.25) is 9.59 Å². The number of carbonyl (C=O) groups excluding carboxylic acids is 3. The molecule has 1 aromatic carbocycles. The zero-order chi connectivity index (χ0) is 25.7. The molecule has 4 rings (SSSR count). The number of aromatic nitrogens is 2. The normalized spacial score (nSPS) is 17.6. The van der Waals surface area contributed by atoms with Gasteiger partial charge in [0.05, 0.1) is 19.0 Å². The highest BCUT2D eigenvalue weighted by Crippen LogP contribution is 2.40. The second-order valence-corrected chi connectivity index (χ2v) is 9.17. The number of unbranched alkanes of at least 4 members (excludes halogenated alkanes) is 1. The minimum atomic E-state index is -0.243. The van der Waals surface area contributed by atoms with Gasteiger partial charge in [-0.15, -0.1) is 0 Å². The molecular formula is C26H34N6O4. The number of fused-ring (bicyclic) bond motifs is 1. The molecule has 0 radical (unpaired) electrons. The van der Waals surface area contributed by atoms with Gasteiger partial charge >= 0.3 is 0 Å². The SMILES string of the molecule is CC[C@@H]1C(=O)N(C)c2cnc(Nc3ccc(C(=O)NCCCC=O)cc3OC)nc2N1C1CCCC1. The number of carbonyl (C=O) groups is 3. The van der Waals surface area contributed by atoms with E-state index < -0.39 is 0 Å². The first-order chi connectivity index (χ1) is 17.5. The van der Waals surface area contributed by atoms with Crippen LogP contribution in [0.1, 0.15) is 62.2 Å². The first-order valence-electron chi connectivity index (χ1n) is 12.6. The Morgan fingerprint density at radius 2 is 2.06 bits per heavy atom. The predicted octanol–water partition coefficient (Wildman–Crippen LogP) is 3.44. The molecule has 1 fully saturated rings. The Morgan fingerprint density at radius 3 is 2.75 bits per heavy atom. The van der Waals surface area contributed by atoms with Crippen LogP contribution in [0.3, 0.4) is 0 Å². The highest BCUT2D eigenvalue weighted by molar-refractivity contribution is 6.04. The van der Waals surface area contributed by atoms with Crippen LogP contribution in [0.25, 0.3) is 0 Å². The quantitative estimate of drug-likeness (QED) is 0.381. The molecule has 0 bridgehead atoms. The second-order valence-electron chi connectivity index (χ2n) is 9.17. The molecule has 1 atom stereocenters. The zero-order valence-corrected chi connectivity index (χ0v) is 21.1. The van der Waals surface area contributed by atoms with Gasteiger partial charge in [-0.1, -0.05) is 19.8 Å². The molecule has 0 unspecified atom stereocenters. The summed E-state index contributed by atoms with van der Waals surface area (Å²) in [5.74, 6) is 1.46.